The molecule has 5 nitrogen and oxygen atoms in total. The molecule has 18 heavy (non-hydrogen) atoms. The molecule has 0 aromatic heterocycles. The van der Waals surface area contributed by atoms with E-state index >= 15 is 0 Å². The molecule has 104 valence electrons. The van der Waals surface area contributed by atoms with E-state index in [1.807, 2.05) is 0 Å². The number of nitrogens with two attached hydrogens (primary N) is 1. The van der Waals surface area contributed by atoms with Crippen molar-refractivity contribution in [3.8, 4) is 0 Å². The van der Waals surface area contributed by atoms with Gasteiger partial charge in [-0.05, 0) is 37.6 Å². The van der Waals surface area contributed by atoms with Gasteiger partial charge in [-0.2, -0.15) is 0 Å². The molecule has 3 N–H and O–H groups in total. The number of hydrogen-bond donors (Lipinski definition) is 2. The predicted molar refractivity (Wildman–Crippen MR) is 69.8 cm³/mol. The molecule has 1 aliphatic heterocycles. The largest absolute Gasteiger partial charge is 0.355 e. The number of sulfone groups is 1. The molecule has 1 atom stereocenters. The van der Waals surface area contributed by atoms with E-state index in [2.05, 4.69) is 5.32 Å². The van der Waals surface area contributed by atoms with Gasteiger partial charge in [0, 0.05) is 13.0 Å². The van der Waals surface area contributed by atoms with Crippen LogP contribution in [0.4, 0.5) is 0 Å². The van der Waals surface area contributed by atoms with Gasteiger partial charge in [-0.25, -0.2) is 8.42 Å². The topological polar surface area (TPSA) is 89.3 Å². The lowest BCUT2D eigenvalue weighted by Gasteiger charge is -2.40. The molecule has 2 aliphatic rings. The molecule has 0 bridgehead atoms. The summed E-state index contributed by atoms with van der Waals surface area (Å²) >= 11 is 0. The van der Waals surface area contributed by atoms with E-state index in [1.165, 1.54) is 0 Å². The van der Waals surface area contributed by atoms with Gasteiger partial charge in [0.25, 0.3) is 0 Å². The first kappa shape index (κ1) is 13.8. The maximum Gasteiger partial charge on any atom is 0.220 e. The fourth-order valence-electron chi connectivity index (χ4n) is 2.85. The van der Waals surface area contributed by atoms with Gasteiger partial charge in [-0.3, -0.25) is 4.79 Å². The minimum absolute atomic E-state index is 0.0152. The molecule has 1 saturated carbocycles. The maximum atomic E-state index is 11.8. The van der Waals surface area contributed by atoms with Crippen molar-refractivity contribution < 1.29 is 13.2 Å². The zero-order valence-corrected chi connectivity index (χ0v) is 11.5. The van der Waals surface area contributed by atoms with Gasteiger partial charge in [-0.15, -0.1) is 0 Å². The zero-order valence-electron chi connectivity index (χ0n) is 10.7. The first-order chi connectivity index (χ1) is 8.47. The van der Waals surface area contributed by atoms with Crippen molar-refractivity contribution in [2.45, 2.75) is 43.8 Å². The second-order valence-electron chi connectivity index (χ2n) is 5.67. The number of carbonyl (C=O) groups is 1. The monoisotopic (exact) mass is 274 g/mol. The molecular weight excluding hydrogens is 252 g/mol. The summed E-state index contributed by atoms with van der Waals surface area (Å²) in [5, 5.41) is 2.39. The Morgan fingerprint density at radius 2 is 2.06 bits per heavy atom. The Morgan fingerprint density at radius 1 is 1.33 bits per heavy atom. The SMILES string of the molecule is NCC1(CC(=O)NCC2CCCS2(=O)=O)CCC1. The van der Waals surface area contributed by atoms with Crippen LogP contribution in [0.2, 0.25) is 0 Å². The Kier molecular flexibility index (Phi) is 3.96. The van der Waals surface area contributed by atoms with Crippen LogP contribution in [-0.2, 0) is 14.6 Å². The summed E-state index contributed by atoms with van der Waals surface area (Å²) in [5.41, 5.74) is 5.69. The van der Waals surface area contributed by atoms with E-state index in [0.29, 0.717) is 19.4 Å². The highest BCUT2D eigenvalue weighted by Gasteiger charge is 2.38. The van der Waals surface area contributed by atoms with E-state index in [-0.39, 0.29) is 28.9 Å². The first-order valence-electron chi connectivity index (χ1n) is 6.66. The van der Waals surface area contributed by atoms with Crippen molar-refractivity contribution >= 4 is 15.7 Å². The van der Waals surface area contributed by atoms with Gasteiger partial charge < -0.3 is 11.1 Å². The Labute approximate surface area is 108 Å². The van der Waals surface area contributed by atoms with E-state index in [1.54, 1.807) is 0 Å². The van der Waals surface area contributed by atoms with E-state index in [9.17, 15) is 13.2 Å². The van der Waals surface area contributed by atoms with Crippen LogP contribution in [0.3, 0.4) is 0 Å². The number of rotatable bonds is 5. The quantitative estimate of drug-likeness (QED) is 0.749. The molecule has 6 heteroatoms. The van der Waals surface area contributed by atoms with Crippen molar-refractivity contribution in [2.75, 3.05) is 18.8 Å². The van der Waals surface area contributed by atoms with Crippen molar-refractivity contribution in [3.63, 3.8) is 0 Å². The van der Waals surface area contributed by atoms with Crippen molar-refractivity contribution in [1.29, 1.82) is 0 Å². The highest BCUT2D eigenvalue weighted by molar-refractivity contribution is 7.92. The number of hydrogen-bond acceptors (Lipinski definition) is 4. The molecule has 2 rings (SSSR count). The van der Waals surface area contributed by atoms with Crippen molar-refractivity contribution in [1.82, 2.24) is 5.32 Å². The molecule has 0 spiro atoms. The van der Waals surface area contributed by atoms with Crippen LogP contribution in [0.5, 0.6) is 0 Å². The summed E-state index contributed by atoms with van der Waals surface area (Å²) in [7, 11) is -2.96. The predicted octanol–water partition coefficient (Wildman–Crippen LogP) is 0.199. The lowest BCUT2D eigenvalue weighted by atomic mass is 9.66. The highest BCUT2D eigenvalue weighted by atomic mass is 32.2. The van der Waals surface area contributed by atoms with Gasteiger partial charge >= 0.3 is 0 Å². The molecule has 0 aromatic rings. The van der Waals surface area contributed by atoms with Crippen LogP contribution < -0.4 is 11.1 Å². The molecular formula is C12H22N2O3S. The standard InChI is InChI=1S/C12H22N2O3S/c13-9-12(4-2-5-12)7-11(15)14-8-10-3-1-6-18(10,16)17/h10H,1-9,13H2,(H,14,15). The summed E-state index contributed by atoms with van der Waals surface area (Å²) in [6.45, 7) is 0.809. The average Bonchev–Trinajstić information content (AvgIpc) is 2.60. The van der Waals surface area contributed by atoms with Crippen LogP contribution in [-0.4, -0.2) is 38.4 Å². The molecule has 1 unspecified atom stereocenters. The molecule has 1 saturated heterocycles. The highest BCUT2D eigenvalue weighted by Crippen LogP contribution is 2.42. The van der Waals surface area contributed by atoms with Crippen molar-refractivity contribution in [3.05, 3.63) is 0 Å². The first-order valence-corrected chi connectivity index (χ1v) is 8.37. The third-order valence-electron chi connectivity index (χ3n) is 4.37. The minimum atomic E-state index is -2.96. The Balaban J connectivity index is 1.78. The Morgan fingerprint density at radius 3 is 2.50 bits per heavy atom. The third-order valence-corrected chi connectivity index (χ3v) is 6.65. The van der Waals surface area contributed by atoms with Gasteiger partial charge in [-0.1, -0.05) is 6.42 Å². The second kappa shape index (κ2) is 5.17. The fraction of sp³-hybridized carbons (Fsp3) is 0.917. The Hall–Kier alpha value is -0.620. The fourth-order valence-corrected chi connectivity index (χ4v) is 4.61. The third kappa shape index (κ3) is 2.85. The van der Waals surface area contributed by atoms with Gasteiger partial charge in [0.2, 0.25) is 5.91 Å². The summed E-state index contributed by atoms with van der Waals surface area (Å²) in [6, 6.07) is 0. The smallest absolute Gasteiger partial charge is 0.220 e. The summed E-state index contributed by atoms with van der Waals surface area (Å²) in [4.78, 5) is 11.8. The lowest BCUT2D eigenvalue weighted by Crippen LogP contribution is -2.43. The lowest BCUT2D eigenvalue weighted by molar-refractivity contribution is -0.124. The second-order valence-corrected chi connectivity index (χ2v) is 8.07. The molecule has 1 aliphatic carbocycles. The van der Waals surface area contributed by atoms with Crippen LogP contribution >= 0.6 is 0 Å². The average molecular weight is 274 g/mol. The number of carbonyl (C=O) groups excluding carboxylic acids is 1. The molecule has 0 radical (unpaired) electrons. The summed E-state index contributed by atoms with van der Waals surface area (Å²) < 4.78 is 23.2. The van der Waals surface area contributed by atoms with E-state index < -0.39 is 9.84 Å². The normalized spacial score (nSPS) is 28.6. The van der Waals surface area contributed by atoms with Crippen molar-refractivity contribution in [2.24, 2.45) is 11.1 Å². The van der Waals surface area contributed by atoms with Crippen LogP contribution in [0.25, 0.3) is 0 Å². The molecule has 1 amide bonds. The minimum Gasteiger partial charge on any atom is -0.355 e. The molecule has 2 fully saturated rings. The van der Waals surface area contributed by atoms with E-state index in [0.717, 1.165) is 25.7 Å². The number of amides is 1. The number of nitrogens with one attached hydrogen (secondary N) is 1. The molecule has 1 heterocycles. The van der Waals surface area contributed by atoms with Crippen LogP contribution in [0, 0.1) is 5.41 Å². The summed E-state index contributed by atoms with van der Waals surface area (Å²) in [6.07, 6.45) is 5.00. The van der Waals surface area contributed by atoms with Crippen LogP contribution in [0.1, 0.15) is 38.5 Å². The maximum absolute atomic E-state index is 11.8. The van der Waals surface area contributed by atoms with Gasteiger partial charge in [0.1, 0.15) is 0 Å². The molecule has 0 aromatic carbocycles. The van der Waals surface area contributed by atoms with E-state index in [4.69, 9.17) is 5.73 Å². The Bertz CT molecular complexity index is 410. The summed E-state index contributed by atoms with van der Waals surface area (Å²) in [5.74, 6) is 0.211. The van der Waals surface area contributed by atoms with Gasteiger partial charge in [0.05, 0.1) is 11.0 Å². The zero-order chi connectivity index (χ0) is 13.2. The van der Waals surface area contributed by atoms with Gasteiger partial charge in [0.15, 0.2) is 9.84 Å². The van der Waals surface area contributed by atoms with Crippen LogP contribution in [0.15, 0.2) is 0 Å².